The first-order valence-electron chi connectivity index (χ1n) is 7.10. The average Bonchev–Trinajstić information content (AvgIpc) is 2.52. The average molecular weight is 287 g/mol. The highest BCUT2D eigenvalue weighted by Gasteiger charge is 2.21. The van der Waals surface area contributed by atoms with Gasteiger partial charge in [-0.05, 0) is 30.2 Å². The molecule has 2 N–H and O–H groups in total. The van der Waals surface area contributed by atoms with E-state index >= 15 is 0 Å². The van der Waals surface area contributed by atoms with E-state index in [9.17, 15) is 4.39 Å². The third-order valence-electron chi connectivity index (χ3n) is 3.70. The summed E-state index contributed by atoms with van der Waals surface area (Å²) in [6.07, 6.45) is 0.899. The lowest BCUT2D eigenvalue weighted by Gasteiger charge is -2.25. The molecule has 0 fully saturated rings. The summed E-state index contributed by atoms with van der Waals surface area (Å²) >= 11 is 0. The Morgan fingerprint density at radius 2 is 2.10 bits per heavy atom. The van der Waals surface area contributed by atoms with Gasteiger partial charge in [0, 0.05) is 24.1 Å². The normalized spacial score (nSPS) is 17.0. The predicted molar refractivity (Wildman–Crippen MR) is 79.1 cm³/mol. The van der Waals surface area contributed by atoms with Crippen LogP contribution >= 0.6 is 0 Å². The van der Waals surface area contributed by atoms with Gasteiger partial charge in [-0.2, -0.15) is 0 Å². The van der Waals surface area contributed by atoms with Gasteiger partial charge in [0.2, 0.25) is 0 Å². The van der Waals surface area contributed by atoms with Crippen molar-refractivity contribution in [3.63, 3.8) is 0 Å². The Morgan fingerprint density at radius 1 is 1.24 bits per heavy atom. The molecular weight excluding hydrogens is 269 g/mol. The van der Waals surface area contributed by atoms with Gasteiger partial charge in [-0.1, -0.05) is 18.2 Å². The molecule has 3 nitrogen and oxygen atoms in total. The quantitative estimate of drug-likeness (QED) is 0.939. The van der Waals surface area contributed by atoms with Crippen LogP contribution in [0.3, 0.4) is 0 Å². The molecule has 0 bridgehead atoms. The third-order valence-corrected chi connectivity index (χ3v) is 3.70. The summed E-state index contributed by atoms with van der Waals surface area (Å²) in [4.78, 5) is 0. The van der Waals surface area contributed by atoms with E-state index < -0.39 is 0 Å². The van der Waals surface area contributed by atoms with E-state index in [4.69, 9.17) is 15.2 Å². The summed E-state index contributed by atoms with van der Waals surface area (Å²) in [5, 5.41) is 0. The Bertz CT molecular complexity index is 630. The molecule has 1 atom stereocenters. The predicted octanol–water partition coefficient (Wildman–Crippen LogP) is 3.23. The minimum absolute atomic E-state index is 0.263. The Balaban J connectivity index is 1.73. The number of ether oxygens (including phenoxy) is 2. The SMILES string of the molecule is NCc1cc(F)cc(OCC2CCOc3ccccc32)c1. The first-order valence-corrected chi connectivity index (χ1v) is 7.10. The molecule has 0 spiro atoms. The van der Waals surface area contributed by atoms with Gasteiger partial charge in [0.1, 0.15) is 17.3 Å². The van der Waals surface area contributed by atoms with Crippen molar-refractivity contribution >= 4 is 0 Å². The topological polar surface area (TPSA) is 44.5 Å². The second-order valence-electron chi connectivity index (χ2n) is 5.18. The van der Waals surface area contributed by atoms with Crippen LogP contribution in [0.15, 0.2) is 42.5 Å². The molecule has 21 heavy (non-hydrogen) atoms. The van der Waals surface area contributed by atoms with E-state index in [1.165, 1.54) is 12.1 Å². The fourth-order valence-corrected chi connectivity index (χ4v) is 2.61. The van der Waals surface area contributed by atoms with Crippen molar-refractivity contribution < 1.29 is 13.9 Å². The smallest absolute Gasteiger partial charge is 0.127 e. The molecule has 1 unspecified atom stereocenters. The molecule has 1 heterocycles. The lowest BCUT2D eigenvalue weighted by atomic mass is 9.94. The van der Waals surface area contributed by atoms with Crippen LogP contribution in [0.4, 0.5) is 4.39 Å². The van der Waals surface area contributed by atoms with E-state index in [2.05, 4.69) is 6.07 Å². The molecule has 2 aromatic carbocycles. The lowest BCUT2D eigenvalue weighted by Crippen LogP contribution is -2.19. The van der Waals surface area contributed by atoms with E-state index in [1.54, 1.807) is 6.07 Å². The number of para-hydroxylation sites is 1. The molecule has 0 amide bonds. The zero-order valence-electron chi connectivity index (χ0n) is 11.7. The van der Waals surface area contributed by atoms with Crippen molar-refractivity contribution in [1.29, 1.82) is 0 Å². The van der Waals surface area contributed by atoms with E-state index in [0.717, 1.165) is 23.3 Å². The van der Waals surface area contributed by atoms with Crippen molar-refractivity contribution in [3.8, 4) is 11.5 Å². The third kappa shape index (κ3) is 3.16. The summed E-state index contributed by atoms with van der Waals surface area (Å²) in [6.45, 7) is 1.49. The molecule has 0 saturated carbocycles. The molecule has 2 aromatic rings. The molecule has 4 heteroatoms. The molecule has 1 aliphatic rings. The zero-order chi connectivity index (χ0) is 14.7. The Hall–Kier alpha value is -2.07. The maximum absolute atomic E-state index is 13.5. The summed E-state index contributed by atoms with van der Waals surface area (Å²) in [5.74, 6) is 1.39. The van der Waals surface area contributed by atoms with Crippen molar-refractivity contribution in [1.82, 2.24) is 0 Å². The monoisotopic (exact) mass is 287 g/mol. The number of halogens is 1. The van der Waals surface area contributed by atoms with Crippen LogP contribution in [0, 0.1) is 5.82 Å². The second-order valence-corrected chi connectivity index (χ2v) is 5.18. The molecule has 3 rings (SSSR count). The van der Waals surface area contributed by atoms with Crippen molar-refractivity contribution in [3.05, 3.63) is 59.4 Å². The number of benzene rings is 2. The highest BCUT2D eigenvalue weighted by atomic mass is 19.1. The van der Waals surface area contributed by atoms with Crippen LogP contribution in [0.2, 0.25) is 0 Å². The van der Waals surface area contributed by atoms with Gasteiger partial charge < -0.3 is 15.2 Å². The molecule has 0 aliphatic carbocycles. The number of hydrogen-bond acceptors (Lipinski definition) is 3. The van der Waals surface area contributed by atoms with E-state index in [-0.39, 0.29) is 11.7 Å². The van der Waals surface area contributed by atoms with Crippen LogP contribution < -0.4 is 15.2 Å². The van der Waals surface area contributed by atoms with Gasteiger partial charge in [-0.15, -0.1) is 0 Å². The molecule has 0 saturated heterocycles. The maximum Gasteiger partial charge on any atom is 0.127 e. The van der Waals surface area contributed by atoms with Crippen molar-refractivity contribution in [2.24, 2.45) is 5.73 Å². The van der Waals surface area contributed by atoms with Crippen LogP contribution in [0.1, 0.15) is 23.5 Å². The van der Waals surface area contributed by atoms with E-state index in [0.29, 0.717) is 25.5 Å². The Labute approximate surface area is 123 Å². The molecule has 0 aromatic heterocycles. The Morgan fingerprint density at radius 3 is 2.95 bits per heavy atom. The largest absolute Gasteiger partial charge is 0.493 e. The number of rotatable bonds is 4. The van der Waals surface area contributed by atoms with Crippen LogP contribution in [0.25, 0.3) is 0 Å². The number of nitrogens with two attached hydrogens (primary N) is 1. The minimum atomic E-state index is -0.319. The Kier molecular flexibility index (Phi) is 4.06. The summed E-state index contributed by atoms with van der Waals surface area (Å²) < 4.78 is 24.9. The van der Waals surface area contributed by atoms with Crippen molar-refractivity contribution in [2.45, 2.75) is 18.9 Å². The van der Waals surface area contributed by atoms with Gasteiger partial charge in [0.15, 0.2) is 0 Å². The van der Waals surface area contributed by atoms with Crippen LogP contribution in [-0.2, 0) is 6.54 Å². The van der Waals surface area contributed by atoms with E-state index in [1.807, 2.05) is 18.2 Å². The number of fused-ring (bicyclic) bond motifs is 1. The fraction of sp³-hybridized carbons (Fsp3) is 0.294. The molecule has 1 aliphatic heterocycles. The van der Waals surface area contributed by atoms with Crippen molar-refractivity contribution in [2.75, 3.05) is 13.2 Å². The molecule has 110 valence electrons. The van der Waals surface area contributed by atoms with Gasteiger partial charge in [0.05, 0.1) is 13.2 Å². The van der Waals surface area contributed by atoms with Crippen LogP contribution in [-0.4, -0.2) is 13.2 Å². The minimum Gasteiger partial charge on any atom is -0.493 e. The van der Waals surface area contributed by atoms with Gasteiger partial charge in [-0.25, -0.2) is 4.39 Å². The first-order chi connectivity index (χ1) is 10.3. The highest BCUT2D eigenvalue weighted by Crippen LogP contribution is 2.33. The van der Waals surface area contributed by atoms with Crippen LogP contribution in [0.5, 0.6) is 11.5 Å². The zero-order valence-corrected chi connectivity index (χ0v) is 11.7. The van der Waals surface area contributed by atoms with Gasteiger partial charge in [0.25, 0.3) is 0 Å². The molecular formula is C17H18FNO2. The highest BCUT2D eigenvalue weighted by molar-refractivity contribution is 5.38. The van der Waals surface area contributed by atoms with Gasteiger partial charge in [-0.3, -0.25) is 0 Å². The lowest BCUT2D eigenvalue weighted by molar-refractivity contribution is 0.217. The first kappa shape index (κ1) is 13.9. The standard InChI is InChI=1S/C17H18FNO2/c18-14-7-12(10-19)8-15(9-14)21-11-13-5-6-20-17-4-2-1-3-16(13)17/h1-4,7-9,13H,5-6,10-11,19H2. The maximum atomic E-state index is 13.5. The second kappa shape index (κ2) is 6.14. The fourth-order valence-electron chi connectivity index (χ4n) is 2.61. The summed E-state index contributed by atoms with van der Waals surface area (Å²) in [6, 6.07) is 12.6. The van der Waals surface area contributed by atoms with Gasteiger partial charge >= 0.3 is 0 Å². The number of hydrogen-bond donors (Lipinski definition) is 1. The summed E-state index contributed by atoms with van der Waals surface area (Å²) in [5.41, 5.74) is 7.44. The summed E-state index contributed by atoms with van der Waals surface area (Å²) in [7, 11) is 0. The molecule has 0 radical (unpaired) electrons.